The fourth-order valence-electron chi connectivity index (χ4n) is 2.57. The smallest absolute Gasteiger partial charge is 0.239 e. The van der Waals surface area contributed by atoms with Crippen LogP contribution in [-0.4, -0.2) is 52.9 Å². The first-order valence-electron chi connectivity index (χ1n) is 9.18. The maximum atomic E-state index is 11.3. The van der Waals surface area contributed by atoms with Crippen LogP contribution in [0.4, 0.5) is 11.6 Å². The largest absolute Gasteiger partial charge is 0.437 e. The van der Waals surface area contributed by atoms with Gasteiger partial charge in [-0.25, -0.2) is 4.98 Å². The second kappa shape index (κ2) is 9.01. The Hall–Kier alpha value is -3.68. The average Bonchev–Trinajstić information content (AvgIpc) is 2.72. The zero-order valence-electron chi connectivity index (χ0n) is 16.7. The summed E-state index contributed by atoms with van der Waals surface area (Å²) in [5, 5.41) is 0. The number of amides is 1. The summed E-state index contributed by atoms with van der Waals surface area (Å²) in [5.41, 5.74) is 7.49. The Balaban J connectivity index is 1.66. The highest BCUT2D eigenvalue weighted by atomic mass is 16.5. The average molecular weight is 392 g/mol. The van der Waals surface area contributed by atoms with Crippen molar-refractivity contribution in [1.29, 1.82) is 0 Å². The van der Waals surface area contributed by atoms with E-state index in [2.05, 4.69) is 15.0 Å². The van der Waals surface area contributed by atoms with Crippen LogP contribution < -0.4 is 15.4 Å². The van der Waals surface area contributed by atoms with E-state index in [4.69, 9.17) is 10.5 Å². The number of nitrogens with two attached hydrogens (primary N) is 1. The molecular formula is C21H24N6O2. The molecule has 3 rings (SSSR count). The predicted octanol–water partition coefficient (Wildman–Crippen LogP) is 2.83. The summed E-state index contributed by atoms with van der Waals surface area (Å²) in [6, 6.07) is 13.0. The van der Waals surface area contributed by atoms with Gasteiger partial charge in [-0.15, -0.1) is 0 Å². The third-order valence-corrected chi connectivity index (χ3v) is 4.44. The molecule has 0 spiro atoms. The van der Waals surface area contributed by atoms with Crippen LogP contribution in [0.15, 0.2) is 54.9 Å². The lowest BCUT2D eigenvalue weighted by Crippen LogP contribution is -2.33. The lowest BCUT2D eigenvalue weighted by Gasteiger charge is -2.22. The molecule has 2 heterocycles. The number of nitrogen functional groups attached to an aromatic ring is 1. The fraction of sp³-hybridized carbons (Fsp3) is 0.238. The van der Waals surface area contributed by atoms with E-state index in [0.717, 1.165) is 11.3 Å². The normalized spacial score (nSPS) is 10.4. The maximum absolute atomic E-state index is 11.3. The van der Waals surface area contributed by atoms with Crippen LogP contribution in [-0.2, 0) is 4.79 Å². The number of hydrogen-bond acceptors (Lipinski definition) is 7. The minimum Gasteiger partial charge on any atom is -0.437 e. The summed E-state index contributed by atoms with van der Waals surface area (Å²) in [6.07, 6.45) is 3.22. The van der Waals surface area contributed by atoms with Gasteiger partial charge in [0.2, 0.25) is 11.8 Å². The van der Waals surface area contributed by atoms with Crippen LogP contribution in [0.2, 0.25) is 0 Å². The minimum atomic E-state index is 0.0263. The Labute approximate surface area is 170 Å². The molecule has 1 amide bonds. The fourth-order valence-corrected chi connectivity index (χ4v) is 2.57. The topological polar surface area (TPSA) is 97.5 Å². The van der Waals surface area contributed by atoms with E-state index in [0.29, 0.717) is 36.4 Å². The van der Waals surface area contributed by atoms with Crippen LogP contribution in [0.1, 0.15) is 6.92 Å². The molecular weight excluding hydrogens is 368 g/mol. The van der Waals surface area contributed by atoms with E-state index in [1.165, 1.54) is 0 Å². The second-order valence-corrected chi connectivity index (χ2v) is 6.65. The van der Waals surface area contributed by atoms with Gasteiger partial charge in [0.25, 0.3) is 0 Å². The van der Waals surface area contributed by atoms with Crippen LogP contribution in [0.3, 0.4) is 0 Å². The minimum absolute atomic E-state index is 0.0263. The molecule has 0 fully saturated rings. The molecule has 0 aliphatic rings. The number of hydrogen-bond donors (Lipinski definition) is 1. The molecule has 2 N–H and O–H groups in total. The van der Waals surface area contributed by atoms with Crippen molar-refractivity contribution in [2.24, 2.45) is 0 Å². The number of ether oxygens (including phenoxy) is 1. The summed E-state index contributed by atoms with van der Waals surface area (Å²) < 4.78 is 5.84. The lowest BCUT2D eigenvalue weighted by molar-refractivity contribution is -0.127. The molecule has 8 nitrogen and oxygen atoms in total. The van der Waals surface area contributed by atoms with E-state index >= 15 is 0 Å². The monoisotopic (exact) mass is 392 g/mol. The van der Waals surface area contributed by atoms with Crippen molar-refractivity contribution in [1.82, 2.24) is 19.9 Å². The number of nitrogens with zero attached hydrogens (tertiary/aromatic N) is 5. The van der Waals surface area contributed by atoms with Crippen LogP contribution in [0.25, 0.3) is 11.3 Å². The molecule has 29 heavy (non-hydrogen) atoms. The van der Waals surface area contributed by atoms with E-state index in [1.807, 2.05) is 48.3 Å². The Morgan fingerprint density at radius 3 is 2.48 bits per heavy atom. The number of pyridine rings is 1. The summed E-state index contributed by atoms with van der Waals surface area (Å²) >= 11 is 0. The van der Waals surface area contributed by atoms with Crippen molar-refractivity contribution < 1.29 is 9.53 Å². The van der Waals surface area contributed by atoms with Crippen molar-refractivity contribution in [2.45, 2.75) is 6.92 Å². The highest BCUT2D eigenvalue weighted by Crippen LogP contribution is 2.25. The van der Waals surface area contributed by atoms with Crippen molar-refractivity contribution in [3.8, 4) is 22.9 Å². The standard InChI is InChI=1S/C21H24N6O2/c1-15(28)26(2)11-12-27(3)20-13-23-14-21(25-20)29-17-9-7-16(8-10-17)18-5-4-6-19(22)24-18/h4-10,13-14H,11-12H2,1-3H3,(H2,22,24). The molecule has 0 unspecified atom stereocenters. The summed E-state index contributed by atoms with van der Waals surface area (Å²) in [7, 11) is 3.67. The summed E-state index contributed by atoms with van der Waals surface area (Å²) in [4.78, 5) is 27.9. The number of carbonyl (C=O) groups is 1. The molecule has 0 aliphatic carbocycles. The second-order valence-electron chi connectivity index (χ2n) is 6.65. The zero-order valence-corrected chi connectivity index (χ0v) is 16.7. The molecule has 8 heteroatoms. The molecule has 3 aromatic rings. The molecule has 0 bridgehead atoms. The van der Waals surface area contributed by atoms with Crippen molar-refractivity contribution >= 4 is 17.5 Å². The highest BCUT2D eigenvalue weighted by Gasteiger charge is 2.09. The predicted molar refractivity (Wildman–Crippen MR) is 113 cm³/mol. The van der Waals surface area contributed by atoms with Crippen LogP contribution in [0, 0.1) is 0 Å². The number of anilines is 2. The molecule has 0 saturated carbocycles. The number of likely N-dealkylation sites (N-methyl/N-ethyl adjacent to an activating group) is 2. The van der Waals surface area contributed by atoms with E-state index in [9.17, 15) is 4.79 Å². The lowest BCUT2D eigenvalue weighted by atomic mass is 10.1. The SMILES string of the molecule is CC(=O)N(C)CCN(C)c1cncc(Oc2ccc(-c3cccc(N)n3)cc2)n1. The summed E-state index contributed by atoms with van der Waals surface area (Å²) in [6.45, 7) is 2.77. The highest BCUT2D eigenvalue weighted by molar-refractivity contribution is 5.72. The number of rotatable bonds is 7. The van der Waals surface area contributed by atoms with Crippen LogP contribution >= 0.6 is 0 Å². The first kappa shape index (κ1) is 20.1. The van der Waals surface area contributed by atoms with Gasteiger partial charge in [0.05, 0.1) is 18.1 Å². The van der Waals surface area contributed by atoms with Crippen molar-refractivity contribution in [3.63, 3.8) is 0 Å². The van der Waals surface area contributed by atoms with Gasteiger partial charge in [0.1, 0.15) is 11.6 Å². The summed E-state index contributed by atoms with van der Waals surface area (Å²) in [5.74, 6) is 2.21. The Morgan fingerprint density at radius 1 is 1.03 bits per heavy atom. The van der Waals surface area contributed by atoms with Gasteiger partial charge in [-0.2, -0.15) is 4.98 Å². The quantitative estimate of drug-likeness (QED) is 0.660. The molecule has 0 saturated heterocycles. The Morgan fingerprint density at radius 2 is 1.79 bits per heavy atom. The van der Waals surface area contributed by atoms with Gasteiger partial charge in [-0.1, -0.05) is 6.07 Å². The first-order valence-corrected chi connectivity index (χ1v) is 9.18. The Kier molecular flexibility index (Phi) is 6.23. The zero-order chi connectivity index (χ0) is 20.8. The number of aromatic nitrogens is 3. The molecule has 0 radical (unpaired) electrons. The molecule has 0 atom stereocenters. The Bertz CT molecular complexity index is 977. The number of benzene rings is 1. The molecule has 1 aromatic carbocycles. The van der Waals surface area contributed by atoms with Gasteiger partial charge >= 0.3 is 0 Å². The van der Waals surface area contributed by atoms with Gasteiger partial charge in [0, 0.05) is 39.7 Å². The third kappa shape index (κ3) is 5.41. The van der Waals surface area contributed by atoms with Crippen LogP contribution in [0.5, 0.6) is 11.6 Å². The van der Waals surface area contributed by atoms with Gasteiger partial charge in [0.15, 0.2) is 5.82 Å². The van der Waals surface area contributed by atoms with E-state index in [1.54, 1.807) is 37.3 Å². The van der Waals surface area contributed by atoms with E-state index in [-0.39, 0.29) is 5.91 Å². The third-order valence-electron chi connectivity index (χ3n) is 4.44. The van der Waals surface area contributed by atoms with Gasteiger partial charge < -0.3 is 20.3 Å². The van der Waals surface area contributed by atoms with Crippen molar-refractivity contribution in [2.75, 3.05) is 37.8 Å². The van der Waals surface area contributed by atoms with E-state index < -0.39 is 0 Å². The molecule has 150 valence electrons. The van der Waals surface area contributed by atoms with Gasteiger partial charge in [-0.3, -0.25) is 9.78 Å². The van der Waals surface area contributed by atoms with Crippen molar-refractivity contribution in [3.05, 3.63) is 54.9 Å². The number of carbonyl (C=O) groups excluding carboxylic acids is 1. The maximum Gasteiger partial charge on any atom is 0.239 e. The van der Waals surface area contributed by atoms with Gasteiger partial charge in [-0.05, 0) is 36.4 Å². The first-order chi connectivity index (χ1) is 13.9. The molecule has 0 aliphatic heterocycles. The molecule has 2 aromatic heterocycles.